The van der Waals surface area contributed by atoms with Gasteiger partial charge in [0.25, 0.3) is 7.37 Å². The summed E-state index contributed by atoms with van der Waals surface area (Å²) in [6, 6.07) is 8.90. The summed E-state index contributed by atoms with van der Waals surface area (Å²) in [7, 11) is -2.99. The normalized spacial score (nSPS) is 13.6. The maximum atomic E-state index is 12.5. The fourth-order valence-corrected chi connectivity index (χ4v) is 3.03. The molecule has 1 atom stereocenters. The van der Waals surface area contributed by atoms with Crippen LogP contribution >= 0.6 is 30.6 Å². The third-order valence-corrected chi connectivity index (χ3v) is 4.28. The summed E-state index contributed by atoms with van der Waals surface area (Å²) in [5, 5.41) is 0.612. The molecule has 2 nitrogen and oxygen atoms in total. The van der Waals surface area contributed by atoms with E-state index in [-0.39, 0.29) is 10.7 Å². The van der Waals surface area contributed by atoms with Gasteiger partial charge < -0.3 is 4.52 Å². The summed E-state index contributed by atoms with van der Waals surface area (Å²) in [4.78, 5) is 0. The number of benzene rings is 1. The molecular formula is C11H11Cl2O2P. The van der Waals surface area contributed by atoms with Crippen LogP contribution in [0, 0.1) is 0 Å². The second-order valence-electron chi connectivity index (χ2n) is 2.99. The predicted molar refractivity (Wildman–Crippen MR) is 69.6 cm³/mol. The predicted octanol–water partition coefficient (Wildman–Crippen LogP) is 4.07. The van der Waals surface area contributed by atoms with Crippen LogP contribution in [-0.2, 0) is 9.09 Å². The molecule has 0 aromatic heterocycles. The molecule has 0 radical (unpaired) electrons. The maximum Gasteiger partial charge on any atom is 0.280 e. The molecule has 0 spiro atoms. The van der Waals surface area contributed by atoms with Gasteiger partial charge in [0.1, 0.15) is 10.8 Å². The average Bonchev–Trinajstić information content (AvgIpc) is 2.28. The van der Waals surface area contributed by atoms with Crippen molar-refractivity contribution in [2.24, 2.45) is 0 Å². The quantitative estimate of drug-likeness (QED) is 0.460. The van der Waals surface area contributed by atoms with Gasteiger partial charge in [-0.1, -0.05) is 47.5 Å². The Morgan fingerprint density at radius 3 is 2.50 bits per heavy atom. The molecule has 0 aliphatic heterocycles. The largest absolute Gasteiger partial charge is 0.445 e. The van der Waals surface area contributed by atoms with E-state index < -0.39 is 7.37 Å². The van der Waals surface area contributed by atoms with Crippen molar-refractivity contribution in [3.8, 4) is 0 Å². The molecule has 5 heteroatoms. The van der Waals surface area contributed by atoms with Crippen molar-refractivity contribution >= 4 is 35.9 Å². The Bertz CT molecular complexity index is 425. The molecule has 16 heavy (non-hydrogen) atoms. The summed E-state index contributed by atoms with van der Waals surface area (Å²) in [5.74, 6) is 0. The summed E-state index contributed by atoms with van der Waals surface area (Å²) in [5.41, 5.74) is 0. The van der Waals surface area contributed by atoms with E-state index in [4.69, 9.17) is 27.7 Å². The monoisotopic (exact) mass is 276 g/mol. The topological polar surface area (TPSA) is 26.3 Å². The van der Waals surface area contributed by atoms with Crippen molar-refractivity contribution in [1.82, 2.24) is 0 Å². The van der Waals surface area contributed by atoms with E-state index in [9.17, 15) is 4.57 Å². The first-order valence-electron chi connectivity index (χ1n) is 4.53. The molecule has 0 amide bonds. The average molecular weight is 277 g/mol. The maximum absolute atomic E-state index is 12.5. The molecule has 1 rings (SSSR count). The lowest BCUT2D eigenvalue weighted by molar-refractivity contribution is 0.453. The van der Waals surface area contributed by atoms with E-state index in [0.29, 0.717) is 5.30 Å². The first-order valence-corrected chi connectivity index (χ1v) is 7.10. The zero-order valence-electron chi connectivity index (χ0n) is 8.48. The Morgan fingerprint density at radius 2 is 2.00 bits per heavy atom. The molecule has 0 heterocycles. The SMILES string of the molecule is C=CCP(=O)(OC=C(Cl)Cl)c1ccccc1. The van der Waals surface area contributed by atoms with E-state index in [1.54, 1.807) is 30.3 Å². The van der Waals surface area contributed by atoms with E-state index in [1.807, 2.05) is 6.07 Å². The molecule has 0 fully saturated rings. The molecule has 0 bridgehead atoms. The highest BCUT2D eigenvalue weighted by molar-refractivity contribution is 7.67. The molecule has 86 valence electrons. The highest BCUT2D eigenvalue weighted by Gasteiger charge is 2.24. The minimum atomic E-state index is -2.99. The molecule has 1 aromatic rings. The molecular weight excluding hydrogens is 266 g/mol. The minimum Gasteiger partial charge on any atom is -0.445 e. The Labute approximate surface area is 105 Å². The van der Waals surface area contributed by atoms with Crippen LogP contribution in [0.5, 0.6) is 0 Å². The van der Waals surface area contributed by atoms with Crippen molar-refractivity contribution in [3.63, 3.8) is 0 Å². The number of halogens is 2. The zero-order chi connectivity index (χ0) is 12.0. The standard InChI is InChI=1S/C11H11Cl2O2P/c1-2-8-16(14,15-9-11(12)13)10-6-4-3-5-7-10/h2-7,9H,1,8H2. The fourth-order valence-electron chi connectivity index (χ4n) is 1.16. The fraction of sp³-hybridized carbons (Fsp3) is 0.0909. The Morgan fingerprint density at radius 1 is 1.38 bits per heavy atom. The van der Waals surface area contributed by atoms with Gasteiger partial charge in [-0.25, -0.2) is 0 Å². The van der Waals surface area contributed by atoms with Gasteiger partial charge in [-0.3, -0.25) is 4.57 Å². The van der Waals surface area contributed by atoms with Crippen LogP contribution in [0.1, 0.15) is 0 Å². The molecule has 1 aromatic carbocycles. The lowest BCUT2D eigenvalue weighted by Crippen LogP contribution is -2.07. The van der Waals surface area contributed by atoms with Gasteiger partial charge in [-0.2, -0.15) is 0 Å². The number of rotatable bonds is 5. The van der Waals surface area contributed by atoms with E-state index in [1.165, 1.54) is 0 Å². The van der Waals surface area contributed by atoms with Gasteiger partial charge in [0, 0.05) is 5.30 Å². The summed E-state index contributed by atoms with van der Waals surface area (Å²) < 4.78 is 17.6. The number of hydrogen-bond acceptors (Lipinski definition) is 2. The van der Waals surface area contributed by atoms with Crippen LogP contribution in [-0.4, -0.2) is 6.16 Å². The Hall–Kier alpha value is -0.690. The van der Waals surface area contributed by atoms with E-state index >= 15 is 0 Å². The number of allylic oxidation sites excluding steroid dienone is 1. The van der Waals surface area contributed by atoms with Crippen LogP contribution in [0.25, 0.3) is 0 Å². The highest BCUT2D eigenvalue weighted by Crippen LogP contribution is 2.46. The van der Waals surface area contributed by atoms with Gasteiger partial charge >= 0.3 is 0 Å². The van der Waals surface area contributed by atoms with Crippen LogP contribution in [0.4, 0.5) is 0 Å². The van der Waals surface area contributed by atoms with Crippen LogP contribution in [0.15, 0.2) is 53.7 Å². The molecule has 1 unspecified atom stereocenters. The van der Waals surface area contributed by atoms with Crippen LogP contribution in [0.3, 0.4) is 0 Å². The van der Waals surface area contributed by atoms with Crippen molar-refractivity contribution < 1.29 is 9.09 Å². The van der Waals surface area contributed by atoms with Crippen molar-refractivity contribution in [1.29, 1.82) is 0 Å². The van der Waals surface area contributed by atoms with Crippen molar-refractivity contribution in [2.45, 2.75) is 0 Å². The van der Waals surface area contributed by atoms with E-state index in [0.717, 1.165) is 6.26 Å². The molecule has 0 aliphatic carbocycles. The van der Waals surface area contributed by atoms with Crippen LogP contribution in [0.2, 0.25) is 0 Å². The second kappa shape index (κ2) is 6.15. The lowest BCUT2D eigenvalue weighted by Gasteiger charge is -2.15. The van der Waals surface area contributed by atoms with Gasteiger partial charge in [-0.05, 0) is 12.1 Å². The van der Waals surface area contributed by atoms with E-state index in [2.05, 4.69) is 6.58 Å². The smallest absolute Gasteiger partial charge is 0.280 e. The van der Waals surface area contributed by atoms with Gasteiger partial charge in [0.05, 0.1) is 6.16 Å². The third-order valence-electron chi connectivity index (χ3n) is 1.83. The van der Waals surface area contributed by atoms with Gasteiger partial charge in [0.15, 0.2) is 0 Å². The molecule has 0 aliphatic rings. The first-order chi connectivity index (χ1) is 7.58. The lowest BCUT2D eigenvalue weighted by atomic mass is 10.4. The van der Waals surface area contributed by atoms with Gasteiger partial charge in [0.2, 0.25) is 0 Å². The molecule has 0 saturated carbocycles. The van der Waals surface area contributed by atoms with Gasteiger partial charge in [-0.15, -0.1) is 6.58 Å². The highest BCUT2D eigenvalue weighted by atomic mass is 35.5. The zero-order valence-corrected chi connectivity index (χ0v) is 10.9. The third kappa shape index (κ3) is 3.71. The first kappa shape index (κ1) is 13.4. The summed E-state index contributed by atoms with van der Waals surface area (Å²) >= 11 is 10.9. The molecule has 0 saturated heterocycles. The molecule has 0 N–H and O–H groups in total. The van der Waals surface area contributed by atoms with Crippen LogP contribution < -0.4 is 5.30 Å². The summed E-state index contributed by atoms with van der Waals surface area (Å²) in [6.07, 6.45) is 2.86. The second-order valence-corrected chi connectivity index (χ2v) is 6.44. The number of hydrogen-bond donors (Lipinski definition) is 0. The summed E-state index contributed by atoms with van der Waals surface area (Å²) in [6.45, 7) is 3.56. The minimum absolute atomic E-state index is 0.0692. The van der Waals surface area contributed by atoms with Crippen molar-refractivity contribution in [3.05, 3.63) is 53.7 Å². The Kier molecular flexibility index (Phi) is 5.14. The van der Waals surface area contributed by atoms with Crippen molar-refractivity contribution in [2.75, 3.05) is 6.16 Å². The Balaban J connectivity index is 3.02.